The fourth-order valence-corrected chi connectivity index (χ4v) is 3.30. The lowest BCUT2D eigenvalue weighted by Gasteiger charge is -2.28. The van der Waals surface area contributed by atoms with E-state index in [1.54, 1.807) is 6.07 Å². The van der Waals surface area contributed by atoms with Crippen molar-refractivity contribution in [3.05, 3.63) is 58.1 Å². The molecule has 1 aliphatic carbocycles. The standard InChI is InChI=1S/C16H8ClF3O2/c17-13-6-9(7-21)5-12-14(13)10-3-1-2-4-11(10)15(12,8-22)16(18,19)20/h1-8H/t15-/m1/s1. The minimum Gasteiger partial charge on any atom is -0.302 e. The molecule has 0 saturated carbocycles. The average molecular weight is 325 g/mol. The smallest absolute Gasteiger partial charge is 0.302 e. The number of rotatable bonds is 2. The number of hydrogen-bond donors (Lipinski definition) is 0. The molecule has 0 bridgehead atoms. The number of benzene rings is 2. The van der Waals surface area contributed by atoms with Crippen molar-refractivity contribution in [3.63, 3.8) is 0 Å². The Morgan fingerprint density at radius 2 is 1.73 bits per heavy atom. The van der Waals surface area contributed by atoms with Crippen molar-refractivity contribution < 1.29 is 22.8 Å². The van der Waals surface area contributed by atoms with Crippen LogP contribution in [0.5, 0.6) is 0 Å². The highest BCUT2D eigenvalue weighted by Gasteiger charge is 2.62. The molecular formula is C16H8ClF3O2. The molecule has 0 amide bonds. The van der Waals surface area contributed by atoms with Crippen molar-refractivity contribution in [3.8, 4) is 11.1 Å². The second kappa shape index (κ2) is 4.68. The molecule has 1 aliphatic rings. The molecule has 1 atom stereocenters. The SMILES string of the molecule is O=Cc1cc(Cl)c2c(c1)[C@](C=O)(C(F)(F)F)c1ccccc1-2. The van der Waals surface area contributed by atoms with Crippen LogP contribution >= 0.6 is 11.6 Å². The van der Waals surface area contributed by atoms with Gasteiger partial charge in [0.25, 0.3) is 0 Å². The molecule has 0 radical (unpaired) electrons. The highest BCUT2D eigenvalue weighted by Crippen LogP contribution is 2.57. The molecule has 0 spiro atoms. The summed E-state index contributed by atoms with van der Waals surface area (Å²) in [5.74, 6) is 0. The molecule has 0 saturated heterocycles. The van der Waals surface area contributed by atoms with Gasteiger partial charge in [-0.2, -0.15) is 13.2 Å². The van der Waals surface area contributed by atoms with Gasteiger partial charge in [-0.3, -0.25) is 4.79 Å². The van der Waals surface area contributed by atoms with Crippen molar-refractivity contribution in [2.24, 2.45) is 0 Å². The summed E-state index contributed by atoms with van der Waals surface area (Å²) in [5, 5.41) is 0.0139. The van der Waals surface area contributed by atoms with Gasteiger partial charge in [0.15, 0.2) is 5.41 Å². The Balaban J connectivity index is 2.52. The minimum atomic E-state index is -4.85. The Labute approximate surface area is 128 Å². The summed E-state index contributed by atoms with van der Waals surface area (Å²) >= 11 is 6.07. The van der Waals surface area contributed by atoms with Crippen molar-refractivity contribution in [1.29, 1.82) is 0 Å². The van der Waals surface area contributed by atoms with Crippen LogP contribution in [0.3, 0.4) is 0 Å². The van der Waals surface area contributed by atoms with Crippen molar-refractivity contribution in [2.75, 3.05) is 0 Å². The largest absolute Gasteiger partial charge is 0.409 e. The lowest BCUT2D eigenvalue weighted by atomic mass is 9.78. The zero-order chi connectivity index (χ0) is 16.1. The molecule has 3 rings (SSSR count). The number of aldehydes is 2. The van der Waals surface area contributed by atoms with E-state index in [9.17, 15) is 22.8 Å². The maximum absolute atomic E-state index is 13.8. The average Bonchev–Trinajstić information content (AvgIpc) is 2.77. The van der Waals surface area contributed by atoms with E-state index in [1.807, 2.05) is 0 Å². The zero-order valence-electron chi connectivity index (χ0n) is 10.9. The Bertz CT molecular complexity index is 798. The number of carbonyl (C=O) groups is 2. The lowest BCUT2D eigenvalue weighted by Crippen LogP contribution is -2.43. The van der Waals surface area contributed by atoms with Crippen LogP contribution in [0.15, 0.2) is 36.4 Å². The van der Waals surface area contributed by atoms with E-state index in [0.717, 1.165) is 6.07 Å². The van der Waals surface area contributed by atoms with E-state index in [2.05, 4.69) is 0 Å². The number of halogens is 4. The van der Waals surface area contributed by atoms with Gasteiger partial charge in [-0.1, -0.05) is 35.9 Å². The lowest BCUT2D eigenvalue weighted by molar-refractivity contribution is -0.176. The van der Waals surface area contributed by atoms with Gasteiger partial charge >= 0.3 is 6.18 Å². The first-order valence-electron chi connectivity index (χ1n) is 6.29. The third kappa shape index (κ3) is 1.69. The summed E-state index contributed by atoms with van der Waals surface area (Å²) < 4.78 is 41.3. The molecule has 2 aromatic rings. The van der Waals surface area contributed by atoms with Gasteiger partial charge < -0.3 is 4.79 Å². The molecule has 22 heavy (non-hydrogen) atoms. The highest BCUT2D eigenvalue weighted by atomic mass is 35.5. The minimum absolute atomic E-state index is 0.00738. The van der Waals surface area contributed by atoms with Crippen LogP contribution in [0.4, 0.5) is 13.2 Å². The Morgan fingerprint density at radius 3 is 2.32 bits per heavy atom. The number of carbonyl (C=O) groups excluding carboxylic acids is 2. The number of hydrogen-bond acceptors (Lipinski definition) is 2. The Kier molecular flexibility index (Phi) is 3.14. The zero-order valence-corrected chi connectivity index (χ0v) is 11.7. The molecule has 0 N–H and O–H groups in total. The van der Waals surface area contributed by atoms with Crippen LogP contribution in [0.25, 0.3) is 11.1 Å². The second-order valence-corrected chi connectivity index (χ2v) is 5.42. The van der Waals surface area contributed by atoms with Crippen LogP contribution in [0.1, 0.15) is 21.5 Å². The molecule has 0 aromatic heterocycles. The number of fused-ring (bicyclic) bond motifs is 3. The van der Waals surface area contributed by atoms with E-state index in [1.165, 1.54) is 24.3 Å². The van der Waals surface area contributed by atoms with Gasteiger partial charge in [0.2, 0.25) is 0 Å². The van der Waals surface area contributed by atoms with Crippen molar-refractivity contribution in [2.45, 2.75) is 11.6 Å². The van der Waals surface area contributed by atoms with Crippen molar-refractivity contribution in [1.82, 2.24) is 0 Å². The third-order valence-corrected chi connectivity index (χ3v) is 4.22. The summed E-state index contributed by atoms with van der Waals surface area (Å²) in [6, 6.07) is 8.12. The van der Waals surface area contributed by atoms with Crippen LogP contribution in [-0.4, -0.2) is 18.7 Å². The summed E-state index contributed by atoms with van der Waals surface area (Å²) in [4.78, 5) is 22.5. The fraction of sp³-hybridized carbons (Fsp3) is 0.125. The van der Waals surface area contributed by atoms with E-state index in [4.69, 9.17) is 11.6 Å². The molecule has 0 unspecified atom stereocenters. The Morgan fingerprint density at radius 1 is 1.05 bits per heavy atom. The summed E-state index contributed by atoms with van der Waals surface area (Å²) in [5.41, 5.74) is -2.88. The molecule has 6 heteroatoms. The van der Waals surface area contributed by atoms with Crippen LogP contribution < -0.4 is 0 Å². The molecule has 112 valence electrons. The normalized spacial score (nSPS) is 19.5. The highest BCUT2D eigenvalue weighted by molar-refractivity contribution is 6.34. The third-order valence-electron chi connectivity index (χ3n) is 3.92. The quantitative estimate of drug-likeness (QED) is 0.777. The predicted molar refractivity (Wildman–Crippen MR) is 75.2 cm³/mol. The van der Waals surface area contributed by atoms with E-state index in [0.29, 0.717) is 6.29 Å². The summed E-state index contributed by atoms with van der Waals surface area (Å²) in [6.07, 6.45) is -4.56. The van der Waals surface area contributed by atoms with Crippen LogP contribution in [0, 0.1) is 0 Å². The van der Waals surface area contributed by atoms with Gasteiger partial charge in [0.05, 0.1) is 0 Å². The van der Waals surface area contributed by atoms with E-state index < -0.39 is 11.6 Å². The maximum Gasteiger partial charge on any atom is 0.409 e. The molecule has 2 aromatic carbocycles. The van der Waals surface area contributed by atoms with E-state index >= 15 is 0 Å². The fourth-order valence-electron chi connectivity index (χ4n) is 2.97. The van der Waals surface area contributed by atoms with Crippen molar-refractivity contribution >= 4 is 24.2 Å². The molecule has 2 nitrogen and oxygen atoms in total. The second-order valence-electron chi connectivity index (χ2n) is 5.01. The first kappa shape index (κ1) is 14.8. The monoisotopic (exact) mass is 324 g/mol. The van der Waals surface area contributed by atoms with Gasteiger partial charge in [0, 0.05) is 16.1 Å². The summed E-state index contributed by atoms with van der Waals surface area (Å²) in [6.45, 7) is 0. The number of alkyl halides is 3. The molecule has 0 fully saturated rings. The first-order valence-corrected chi connectivity index (χ1v) is 6.66. The molecule has 0 aliphatic heterocycles. The Hall–Kier alpha value is -2.14. The van der Waals surface area contributed by atoms with E-state index in [-0.39, 0.29) is 39.1 Å². The van der Waals surface area contributed by atoms with Gasteiger partial charge in [0.1, 0.15) is 12.6 Å². The molecular weight excluding hydrogens is 317 g/mol. The topological polar surface area (TPSA) is 34.1 Å². The van der Waals surface area contributed by atoms with Gasteiger partial charge in [-0.25, -0.2) is 0 Å². The van der Waals surface area contributed by atoms with Crippen LogP contribution in [-0.2, 0) is 10.2 Å². The first-order chi connectivity index (χ1) is 10.4. The van der Waals surface area contributed by atoms with Crippen LogP contribution in [0.2, 0.25) is 5.02 Å². The maximum atomic E-state index is 13.8. The van der Waals surface area contributed by atoms with Gasteiger partial charge in [-0.15, -0.1) is 0 Å². The van der Waals surface area contributed by atoms with Gasteiger partial charge in [-0.05, 0) is 28.8 Å². The molecule has 0 heterocycles. The predicted octanol–water partition coefficient (Wildman–Crippen LogP) is 4.18. The summed E-state index contributed by atoms with van der Waals surface area (Å²) in [7, 11) is 0.